The molecule has 0 amide bonds. The van der Waals surface area contributed by atoms with Crippen LogP contribution in [0, 0.1) is 0 Å². The fourth-order valence-electron chi connectivity index (χ4n) is 4.06. The zero-order valence-electron chi connectivity index (χ0n) is 17.7. The lowest BCUT2D eigenvalue weighted by Crippen LogP contribution is -2.47. The number of ether oxygens (including phenoxy) is 2. The zero-order valence-corrected chi connectivity index (χ0v) is 17.7. The predicted octanol–water partition coefficient (Wildman–Crippen LogP) is 3.76. The van der Waals surface area contributed by atoms with Crippen molar-refractivity contribution in [2.45, 2.75) is 71.1 Å². The van der Waals surface area contributed by atoms with Crippen LogP contribution in [0.4, 0.5) is 0 Å². The highest BCUT2D eigenvalue weighted by Crippen LogP contribution is 2.18. The molecule has 2 fully saturated rings. The Kier molecular flexibility index (Phi) is 8.62. The number of hydrogen-bond donors (Lipinski definition) is 1. The van der Waals surface area contributed by atoms with Crippen molar-refractivity contribution in [3.63, 3.8) is 0 Å². The molecule has 3 rings (SSSR count). The van der Waals surface area contributed by atoms with E-state index in [0.717, 1.165) is 71.0 Å². The summed E-state index contributed by atoms with van der Waals surface area (Å²) in [6.45, 7) is 9.62. The van der Waals surface area contributed by atoms with Crippen LogP contribution in [0.5, 0.6) is 0 Å². The summed E-state index contributed by atoms with van der Waals surface area (Å²) in [4.78, 5) is 7.32. The molecule has 0 spiro atoms. The normalized spacial score (nSPS) is 21.7. The van der Waals surface area contributed by atoms with Gasteiger partial charge in [0.05, 0.1) is 25.4 Å². The van der Waals surface area contributed by atoms with Crippen LogP contribution in [0.3, 0.4) is 0 Å². The van der Waals surface area contributed by atoms with Gasteiger partial charge in [-0.2, -0.15) is 0 Å². The summed E-state index contributed by atoms with van der Waals surface area (Å²) in [6, 6.07) is 8.62. The third-order valence-corrected chi connectivity index (χ3v) is 5.77. The van der Waals surface area contributed by atoms with E-state index in [0.29, 0.717) is 12.2 Å². The van der Waals surface area contributed by atoms with Crippen LogP contribution in [0.1, 0.15) is 57.1 Å². The number of aryl methyl sites for hydroxylation is 1. The highest BCUT2D eigenvalue weighted by atomic mass is 16.5. The molecule has 0 radical (unpaired) electrons. The molecule has 1 aromatic carbocycles. The second-order valence-corrected chi connectivity index (χ2v) is 7.80. The first-order chi connectivity index (χ1) is 13.8. The topological polar surface area (TPSA) is 46.1 Å². The van der Waals surface area contributed by atoms with Crippen molar-refractivity contribution in [1.29, 1.82) is 0 Å². The summed E-state index contributed by atoms with van der Waals surface area (Å²) in [5.41, 5.74) is 2.71. The van der Waals surface area contributed by atoms with Crippen LogP contribution in [0.2, 0.25) is 0 Å². The van der Waals surface area contributed by atoms with E-state index in [2.05, 4.69) is 48.3 Å². The summed E-state index contributed by atoms with van der Waals surface area (Å²) in [6.07, 6.45) is 7.45. The fourth-order valence-corrected chi connectivity index (χ4v) is 4.06. The van der Waals surface area contributed by atoms with Gasteiger partial charge in [0.1, 0.15) is 0 Å². The lowest BCUT2D eigenvalue weighted by atomic mass is 10.1. The van der Waals surface area contributed by atoms with Gasteiger partial charge in [-0.1, -0.05) is 31.2 Å². The Balaban J connectivity index is 1.49. The summed E-state index contributed by atoms with van der Waals surface area (Å²) in [7, 11) is 0. The van der Waals surface area contributed by atoms with Gasteiger partial charge in [-0.05, 0) is 56.6 Å². The molecule has 28 heavy (non-hydrogen) atoms. The van der Waals surface area contributed by atoms with Gasteiger partial charge in [0.15, 0.2) is 5.96 Å². The Hall–Kier alpha value is -1.59. The number of aliphatic imine (C=N–C) groups is 1. The lowest BCUT2D eigenvalue weighted by molar-refractivity contribution is -0.0721. The average Bonchev–Trinajstić information content (AvgIpc) is 2.76. The van der Waals surface area contributed by atoms with E-state index >= 15 is 0 Å². The lowest BCUT2D eigenvalue weighted by Gasteiger charge is -2.35. The van der Waals surface area contributed by atoms with Gasteiger partial charge in [0.2, 0.25) is 0 Å². The van der Waals surface area contributed by atoms with Gasteiger partial charge in [0, 0.05) is 26.2 Å². The summed E-state index contributed by atoms with van der Waals surface area (Å²) >= 11 is 0. The van der Waals surface area contributed by atoms with Crippen molar-refractivity contribution in [2.75, 3.05) is 32.8 Å². The molecule has 2 aliphatic rings. The van der Waals surface area contributed by atoms with Gasteiger partial charge in [0.25, 0.3) is 0 Å². The molecule has 0 aromatic heterocycles. The van der Waals surface area contributed by atoms with Crippen LogP contribution < -0.4 is 5.32 Å². The number of guanidine groups is 1. The average molecular weight is 388 g/mol. The van der Waals surface area contributed by atoms with Crippen molar-refractivity contribution in [3.8, 4) is 0 Å². The third-order valence-electron chi connectivity index (χ3n) is 5.77. The smallest absolute Gasteiger partial charge is 0.194 e. The number of benzene rings is 1. The molecule has 1 unspecified atom stereocenters. The maximum absolute atomic E-state index is 6.16. The standard InChI is InChI=1S/C23H37N3O2/c1-3-19-9-5-6-10-20(19)17-25-23(24-4-2)26-14-12-21(13-15-26)28-18-22-11-7-8-16-27-22/h5-6,9-10,21-22H,3-4,7-8,11-18H2,1-2H3,(H,24,25). The maximum Gasteiger partial charge on any atom is 0.194 e. The molecular weight excluding hydrogens is 350 g/mol. The van der Waals surface area contributed by atoms with E-state index in [1.54, 1.807) is 0 Å². The molecule has 5 nitrogen and oxygen atoms in total. The van der Waals surface area contributed by atoms with E-state index in [4.69, 9.17) is 14.5 Å². The fraction of sp³-hybridized carbons (Fsp3) is 0.696. The van der Waals surface area contributed by atoms with Gasteiger partial charge in [-0.15, -0.1) is 0 Å². The minimum absolute atomic E-state index is 0.310. The van der Waals surface area contributed by atoms with Crippen molar-refractivity contribution in [3.05, 3.63) is 35.4 Å². The molecule has 5 heteroatoms. The molecule has 1 aromatic rings. The summed E-state index contributed by atoms with van der Waals surface area (Å²) in [5, 5.41) is 3.47. The molecule has 0 bridgehead atoms. The summed E-state index contributed by atoms with van der Waals surface area (Å²) in [5.74, 6) is 1.03. The summed E-state index contributed by atoms with van der Waals surface area (Å²) < 4.78 is 11.9. The number of likely N-dealkylation sites (tertiary alicyclic amines) is 1. The largest absolute Gasteiger partial charge is 0.376 e. The molecule has 2 heterocycles. The van der Waals surface area contributed by atoms with E-state index in [1.165, 1.54) is 24.0 Å². The number of nitrogens with one attached hydrogen (secondary N) is 1. The first-order valence-corrected chi connectivity index (χ1v) is 11.1. The number of nitrogens with zero attached hydrogens (tertiary/aromatic N) is 2. The first kappa shape index (κ1) is 21.1. The monoisotopic (exact) mass is 387 g/mol. The van der Waals surface area contributed by atoms with Crippen molar-refractivity contribution in [1.82, 2.24) is 10.2 Å². The van der Waals surface area contributed by atoms with Crippen molar-refractivity contribution >= 4 is 5.96 Å². The SMILES string of the molecule is CCNC(=NCc1ccccc1CC)N1CCC(OCC2CCCCO2)CC1. The molecular formula is C23H37N3O2. The number of rotatable bonds is 7. The molecule has 2 aliphatic heterocycles. The predicted molar refractivity (Wildman–Crippen MR) is 115 cm³/mol. The highest BCUT2D eigenvalue weighted by Gasteiger charge is 2.23. The Morgan fingerprint density at radius 3 is 2.61 bits per heavy atom. The van der Waals surface area contributed by atoms with E-state index in [9.17, 15) is 0 Å². The van der Waals surface area contributed by atoms with Crippen LogP contribution >= 0.6 is 0 Å². The van der Waals surface area contributed by atoms with Gasteiger partial charge < -0.3 is 19.7 Å². The molecule has 1 N–H and O–H groups in total. The second kappa shape index (κ2) is 11.4. The maximum atomic E-state index is 6.16. The number of hydrogen-bond acceptors (Lipinski definition) is 3. The van der Waals surface area contributed by atoms with Crippen LogP contribution in [0.25, 0.3) is 0 Å². The minimum atomic E-state index is 0.310. The van der Waals surface area contributed by atoms with Gasteiger partial charge >= 0.3 is 0 Å². The van der Waals surface area contributed by atoms with Gasteiger partial charge in [-0.25, -0.2) is 4.99 Å². The van der Waals surface area contributed by atoms with Crippen LogP contribution in [-0.2, 0) is 22.4 Å². The second-order valence-electron chi connectivity index (χ2n) is 7.80. The zero-order chi connectivity index (χ0) is 19.6. The van der Waals surface area contributed by atoms with E-state index in [1.807, 2.05) is 0 Å². The quantitative estimate of drug-likeness (QED) is 0.571. The van der Waals surface area contributed by atoms with Gasteiger partial charge in [-0.3, -0.25) is 0 Å². The minimum Gasteiger partial charge on any atom is -0.376 e. The van der Waals surface area contributed by atoms with Crippen LogP contribution in [-0.4, -0.2) is 55.9 Å². The highest BCUT2D eigenvalue weighted by molar-refractivity contribution is 5.80. The molecule has 1 atom stereocenters. The molecule has 156 valence electrons. The van der Waals surface area contributed by atoms with E-state index in [-0.39, 0.29) is 0 Å². The number of piperidine rings is 1. The third kappa shape index (κ3) is 6.21. The molecule has 2 saturated heterocycles. The van der Waals surface area contributed by atoms with Crippen LogP contribution in [0.15, 0.2) is 29.3 Å². The molecule has 0 aliphatic carbocycles. The first-order valence-electron chi connectivity index (χ1n) is 11.1. The van der Waals surface area contributed by atoms with Crippen molar-refractivity contribution < 1.29 is 9.47 Å². The van der Waals surface area contributed by atoms with Crippen molar-refractivity contribution in [2.24, 2.45) is 4.99 Å². The Morgan fingerprint density at radius 2 is 1.93 bits per heavy atom. The Bertz CT molecular complexity index is 606. The van der Waals surface area contributed by atoms with E-state index < -0.39 is 0 Å². The Morgan fingerprint density at radius 1 is 1.14 bits per heavy atom. The molecule has 0 saturated carbocycles. The Labute approximate surface area is 170 Å².